The molecule has 0 aromatic heterocycles. The molecule has 1 aliphatic rings. The Kier molecular flexibility index (Phi) is 10.1. The van der Waals surface area contributed by atoms with Crippen molar-refractivity contribution in [2.45, 2.75) is 25.7 Å². The SMILES string of the molecule is NC(=O)CCC(N)=O.O=C1CCC(=O)N1.[Hg]. The van der Waals surface area contributed by atoms with Crippen molar-refractivity contribution in [3.05, 3.63) is 0 Å². The van der Waals surface area contributed by atoms with Crippen molar-refractivity contribution in [1.29, 1.82) is 0 Å². The maximum Gasteiger partial charge on any atom is 0.227 e. The molecule has 0 bridgehead atoms. The maximum absolute atomic E-state index is 10.1. The third-order valence-corrected chi connectivity index (χ3v) is 1.48. The number of amides is 4. The van der Waals surface area contributed by atoms with Gasteiger partial charge in [0.15, 0.2) is 0 Å². The molecule has 16 heavy (non-hydrogen) atoms. The van der Waals surface area contributed by atoms with Gasteiger partial charge in [-0.15, -0.1) is 0 Å². The summed E-state index contributed by atoms with van der Waals surface area (Å²) in [6, 6.07) is 0. The smallest absolute Gasteiger partial charge is 0.227 e. The molecule has 1 rings (SSSR count). The van der Waals surface area contributed by atoms with E-state index in [1.807, 2.05) is 0 Å². The number of nitrogens with two attached hydrogens (primary N) is 2. The van der Waals surface area contributed by atoms with Crippen molar-refractivity contribution < 1.29 is 46.8 Å². The van der Waals surface area contributed by atoms with Crippen LogP contribution in [0.1, 0.15) is 25.7 Å². The van der Waals surface area contributed by atoms with Gasteiger partial charge >= 0.3 is 0 Å². The molecule has 4 amide bonds. The molecule has 0 aliphatic carbocycles. The second kappa shape index (κ2) is 9.26. The topological polar surface area (TPSA) is 132 Å². The molecule has 0 radical (unpaired) electrons. The molecule has 8 heteroatoms. The number of hydrogen-bond acceptors (Lipinski definition) is 4. The second-order valence-electron chi connectivity index (χ2n) is 2.90. The average Bonchev–Trinajstić information content (AvgIpc) is 2.47. The van der Waals surface area contributed by atoms with E-state index in [4.69, 9.17) is 11.5 Å². The summed E-state index contributed by atoms with van der Waals surface area (Å²) in [6.07, 6.45) is 0.850. The van der Waals surface area contributed by atoms with Gasteiger partial charge in [0.1, 0.15) is 0 Å². The molecule has 0 aromatic carbocycles. The minimum absolute atomic E-state index is 0. The van der Waals surface area contributed by atoms with Crippen LogP contribution in [0.2, 0.25) is 0 Å². The van der Waals surface area contributed by atoms with Crippen LogP contribution in [0.25, 0.3) is 0 Å². The molecule has 0 saturated carbocycles. The summed E-state index contributed by atoms with van der Waals surface area (Å²) in [6.45, 7) is 0. The van der Waals surface area contributed by atoms with Crippen LogP contribution >= 0.6 is 0 Å². The number of rotatable bonds is 3. The number of primary amides is 2. The fourth-order valence-electron chi connectivity index (χ4n) is 0.754. The molecule has 0 aromatic rings. The zero-order valence-electron chi connectivity index (χ0n) is 8.82. The van der Waals surface area contributed by atoms with E-state index in [1.165, 1.54) is 0 Å². The molecule has 1 aliphatic heterocycles. The summed E-state index contributed by atoms with van der Waals surface area (Å²) in [5, 5.41) is 2.14. The van der Waals surface area contributed by atoms with E-state index in [-0.39, 0.29) is 52.3 Å². The molecule has 1 heterocycles. The van der Waals surface area contributed by atoms with Gasteiger partial charge in [0.05, 0.1) is 0 Å². The summed E-state index contributed by atoms with van der Waals surface area (Å²) in [5.74, 6) is -1.29. The van der Waals surface area contributed by atoms with Crippen LogP contribution in [0.4, 0.5) is 0 Å². The Morgan fingerprint density at radius 2 is 1.31 bits per heavy atom. The summed E-state index contributed by atoms with van der Waals surface area (Å²) >= 11 is 0. The third kappa shape index (κ3) is 11.1. The molecule has 1 saturated heterocycles. The van der Waals surface area contributed by atoms with Gasteiger partial charge in [-0.3, -0.25) is 24.5 Å². The Morgan fingerprint density at radius 3 is 1.44 bits per heavy atom. The third-order valence-electron chi connectivity index (χ3n) is 1.48. The fourth-order valence-corrected chi connectivity index (χ4v) is 0.754. The van der Waals surface area contributed by atoms with Gasteiger partial charge in [0.25, 0.3) is 0 Å². The standard InChI is InChI=1S/C4H8N2O2.C4H5NO2.Hg/c5-3(7)1-2-4(6)8;6-3-1-2-4(7)5-3;/h1-2H2,(H2,5,7)(H2,6,8);1-2H2,(H,5,6,7);. The first-order valence-electron chi connectivity index (χ1n) is 4.31. The fraction of sp³-hybridized carbons (Fsp3) is 0.500. The van der Waals surface area contributed by atoms with Crippen molar-refractivity contribution in [1.82, 2.24) is 5.32 Å². The molecular weight excluding hydrogens is 403 g/mol. The van der Waals surface area contributed by atoms with Crippen LogP contribution in [-0.4, -0.2) is 23.6 Å². The van der Waals surface area contributed by atoms with Crippen LogP contribution in [-0.2, 0) is 46.8 Å². The normalized spacial score (nSPS) is 13.0. The molecule has 86 valence electrons. The van der Waals surface area contributed by atoms with Crippen LogP contribution < -0.4 is 16.8 Å². The second-order valence-corrected chi connectivity index (χ2v) is 2.90. The van der Waals surface area contributed by atoms with Crippen LogP contribution in [0.3, 0.4) is 0 Å². The Morgan fingerprint density at radius 1 is 1.00 bits per heavy atom. The molecule has 0 spiro atoms. The van der Waals surface area contributed by atoms with Gasteiger partial charge in [-0.2, -0.15) is 0 Å². The first-order valence-corrected chi connectivity index (χ1v) is 4.31. The van der Waals surface area contributed by atoms with E-state index in [2.05, 4.69) is 5.32 Å². The maximum atomic E-state index is 10.1. The number of nitrogens with one attached hydrogen (secondary N) is 1. The van der Waals surface area contributed by atoms with Crippen molar-refractivity contribution in [2.75, 3.05) is 0 Å². The minimum atomic E-state index is -0.496. The number of hydrogen-bond donors (Lipinski definition) is 3. The summed E-state index contributed by atoms with van der Waals surface area (Å²) in [7, 11) is 0. The van der Waals surface area contributed by atoms with Gasteiger partial charge in [-0.1, -0.05) is 0 Å². The first kappa shape index (κ1) is 17.4. The van der Waals surface area contributed by atoms with E-state index in [0.717, 1.165) is 0 Å². The zero-order chi connectivity index (χ0) is 11.8. The quantitative estimate of drug-likeness (QED) is 0.369. The predicted octanol–water partition coefficient (Wildman–Crippen LogP) is -1.84. The van der Waals surface area contributed by atoms with Crippen molar-refractivity contribution in [2.24, 2.45) is 11.5 Å². The summed E-state index contributed by atoms with van der Waals surface area (Å²) < 4.78 is 0. The van der Waals surface area contributed by atoms with Crippen molar-refractivity contribution in [3.8, 4) is 0 Å². The average molecular weight is 416 g/mol. The predicted molar refractivity (Wildman–Crippen MR) is 50.0 cm³/mol. The number of imide groups is 1. The first-order chi connectivity index (χ1) is 6.91. The van der Waals surface area contributed by atoms with Crippen molar-refractivity contribution in [3.63, 3.8) is 0 Å². The van der Waals surface area contributed by atoms with Gasteiger partial charge in [-0.25, -0.2) is 0 Å². The minimum Gasteiger partial charge on any atom is -0.370 e. The molecular formula is C8H13HgN3O4. The largest absolute Gasteiger partial charge is 0.370 e. The van der Waals surface area contributed by atoms with Crippen LogP contribution in [0.15, 0.2) is 0 Å². The molecule has 7 nitrogen and oxygen atoms in total. The zero-order valence-corrected chi connectivity index (χ0v) is 14.3. The van der Waals surface area contributed by atoms with Crippen LogP contribution in [0, 0.1) is 0 Å². The summed E-state index contributed by atoms with van der Waals surface area (Å²) in [5.41, 5.74) is 9.39. The number of carbonyl (C=O) groups is 4. The van der Waals surface area contributed by atoms with Crippen LogP contribution in [0.5, 0.6) is 0 Å². The molecule has 5 N–H and O–H groups in total. The monoisotopic (exact) mass is 417 g/mol. The molecule has 0 unspecified atom stereocenters. The van der Waals surface area contributed by atoms with Gasteiger partial charge < -0.3 is 11.5 Å². The van der Waals surface area contributed by atoms with Gasteiger partial charge in [0.2, 0.25) is 23.6 Å². The van der Waals surface area contributed by atoms with E-state index in [9.17, 15) is 19.2 Å². The summed E-state index contributed by atoms with van der Waals surface area (Å²) in [4.78, 5) is 40.1. The van der Waals surface area contributed by atoms with E-state index in [0.29, 0.717) is 12.8 Å². The Labute approximate surface area is 113 Å². The van der Waals surface area contributed by atoms with E-state index in [1.54, 1.807) is 0 Å². The Bertz CT molecular complexity index is 265. The van der Waals surface area contributed by atoms with Crippen molar-refractivity contribution >= 4 is 23.6 Å². The molecule has 0 atom stereocenters. The van der Waals surface area contributed by atoms with E-state index < -0.39 is 11.8 Å². The Balaban J connectivity index is 0. The Hall–Kier alpha value is -0.985. The van der Waals surface area contributed by atoms with E-state index >= 15 is 0 Å². The number of carbonyl (C=O) groups excluding carboxylic acids is 4. The molecule has 1 fully saturated rings. The van der Waals surface area contributed by atoms with Gasteiger partial charge in [0, 0.05) is 53.4 Å². The van der Waals surface area contributed by atoms with Gasteiger partial charge in [-0.05, 0) is 0 Å².